The molecule has 1 aliphatic heterocycles. The summed E-state index contributed by atoms with van der Waals surface area (Å²) in [4.78, 5) is 23.7. The van der Waals surface area contributed by atoms with Gasteiger partial charge in [-0.3, -0.25) is 0 Å². The maximum atomic E-state index is 14.2. The Morgan fingerprint density at radius 3 is 1.22 bits per heavy atom. The van der Waals surface area contributed by atoms with Gasteiger partial charge in [0.15, 0.2) is 0 Å². The lowest BCUT2D eigenvalue weighted by Gasteiger charge is -2.34. The third-order valence-electron chi connectivity index (χ3n) is 5.02. The molecular formula is C21H10F15NO4. The number of carbonyl (C=O) groups is 2. The number of alkyl halides is 15. The molecule has 0 unspecified atom stereocenters. The average molecular weight is 625 g/mol. The predicted octanol–water partition coefficient (Wildman–Crippen LogP) is 7.27. The normalized spacial score (nSPS) is 15.3. The summed E-state index contributed by atoms with van der Waals surface area (Å²) in [6, 6.07) is 0. The molecule has 41 heavy (non-hydrogen) atoms. The van der Waals surface area contributed by atoms with Crippen molar-refractivity contribution < 1.29 is 84.9 Å². The smallest absolute Gasteiger partial charge is 0.419 e. The Hall–Kier alpha value is -3.87. The van der Waals surface area contributed by atoms with Crippen molar-refractivity contribution in [2.45, 2.75) is 30.9 Å². The van der Waals surface area contributed by atoms with E-state index in [1.165, 1.54) is 0 Å². The highest BCUT2D eigenvalue weighted by Crippen LogP contribution is 2.59. The van der Waals surface area contributed by atoms with Crippen molar-refractivity contribution in [3.63, 3.8) is 0 Å². The quantitative estimate of drug-likeness (QED) is 0.261. The number of ether oxygens (including phenoxy) is 2. The van der Waals surface area contributed by atoms with E-state index in [-0.39, 0.29) is 6.20 Å². The first-order chi connectivity index (χ1) is 18.3. The monoisotopic (exact) mass is 625 g/mol. The molecule has 0 bridgehead atoms. The van der Waals surface area contributed by atoms with Crippen LogP contribution < -0.4 is 4.90 Å². The van der Waals surface area contributed by atoms with Crippen LogP contribution >= 0.6 is 0 Å². The van der Waals surface area contributed by atoms with Crippen LogP contribution in [0.25, 0.3) is 0 Å². The van der Waals surface area contributed by atoms with Crippen LogP contribution in [0.2, 0.25) is 0 Å². The first-order valence-electron chi connectivity index (χ1n) is 9.96. The van der Waals surface area contributed by atoms with E-state index >= 15 is 0 Å². The van der Waals surface area contributed by atoms with Crippen LogP contribution in [-0.2, 0) is 49.9 Å². The van der Waals surface area contributed by atoms with E-state index in [0.29, 0.717) is 32.4 Å². The number of allylic oxidation sites excluding steroid dienone is 2. The number of methoxy groups -OCH3 is 2. The Morgan fingerprint density at radius 1 is 0.561 bits per heavy atom. The second kappa shape index (κ2) is 10.5. The highest BCUT2D eigenvalue weighted by atomic mass is 19.4. The lowest BCUT2D eigenvalue weighted by Crippen LogP contribution is -2.36. The van der Waals surface area contributed by atoms with Crippen molar-refractivity contribution in [2.75, 3.05) is 19.1 Å². The van der Waals surface area contributed by atoms with Gasteiger partial charge in [-0.1, -0.05) is 6.08 Å². The van der Waals surface area contributed by atoms with E-state index in [0.717, 1.165) is 0 Å². The number of hydrogen-bond donors (Lipinski definition) is 0. The van der Waals surface area contributed by atoms with E-state index in [9.17, 15) is 75.4 Å². The zero-order valence-electron chi connectivity index (χ0n) is 19.6. The molecular weight excluding hydrogens is 615 g/mol. The highest BCUT2D eigenvalue weighted by molar-refractivity contribution is 6.06. The number of hydrogen-bond acceptors (Lipinski definition) is 5. The molecule has 228 valence electrons. The van der Waals surface area contributed by atoms with Gasteiger partial charge in [0, 0.05) is 6.20 Å². The number of nitrogens with zero attached hydrogens (tertiary/aromatic N) is 1. The van der Waals surface area contributed by atoms with Crippen molar-refractivity contribution in [1.29, 1.82) is 0 Å². The molecule has 1 aliphatic rings. The van der Waals surface area contributed by atoms with Crippen molar-refractivity contribution in [1.82, 2.24) is 0 Å². The summed E-state index contributed by atoms with van der Waals surface area (Å²) in [7, 11) is 0.940. The van der Waals surface area contributed by atoms with E-state index < -0.39 is 92.5 Å². The summed E-state index contributed by atoms with van der Waals surface area (Å²) in [6.45, 7) is 0. The fourth-order valence-electron chi connectivity index (χ4n) is 3.72. The van der Waals surface area contributed by atoms with Crippen molar-refractivity contribution in [2.24, 2.45) is 0 Å². The van der Waals surface area contributed by atoms with Crippen LogP contribution in [0, 0.1) is 0 Å². The summed E-state index contributed by atoms with van der Waals surface area (Å²) >= 11 is 0. The summed E-state index contributed by atoms with van der Waals surface area (Å²) < 4.78 is 218. The molecule has 0 radical (unpaired) electrons. The van der Waals surface area contributed by atoms with Gasteiger partial charge in [0.05, 0.1) is 53.3 Å². The fraction of sp³-hybridized carbons (Fsp3) is 0.333. The van der Waals surface area contributed by atoms with Crippen molar-refractivity contribution in [3.05, 3.63) is 63.5 Å². The summed E-state index contributed by atoms with van der Waals surface area (Å²) in [5.41, 5.74) is -27.0. The maximum Gasteiger partial charge on any atom is 0.419 e. The first-order valence-corrected chi connectivity index (χ1v) is 9.96. The summed E-state index contributed by atoms with van der Waals surface area (Å²) in [5, 5.41) is 0. The molecule has 0 saturated carbocycles. The van der Waals surface area contributed by atoms with Crippen LogP contribution in [-0.4, -0.2) is 26.2 Å². The van der Waals surface area contributed by atoms with Crippen molar-refractivity contribution in [3.8, 4) is 0 Å². The van der Waals surface area contributed by atoms with E-state index in [1.54, 1.807) is 0 Å². The van der Waals surface area contributed by atoms with Gasteiger partial charge < -0.3 is 14.4 Å². The largest absolute Gasteiger partial charge is 0.465 e. The summed E-state index contributed by atoms with van der Waals surface area (Å²) in [6.07, 6.45) is -33.8. The zero-order chi connectivity index (χ0) is 32.1. The Bertz CT molecular complexity index is 1270. The fourth-order valence-corrected chi connectivity index (χ4v) is 3.72. The van der Waals surface area contributed by atoms with Crippen LogP contribution in [0.5, 0.6) is 0 Å². The molecule has 1 aromatic rings. The second-order valence-corrected chi connectivity index (χ2v) is 7.53. The lowest BCUT2D eigenvalue weighted by molar-refractivity contribution is -0.188. The van der Waals surface area contributed by atoms with Gasteiger partial charge in [-0.25, -0.2) is 9.59 Å². The molecule has 20 heteroatoms. The molecule has 0 aromatic heterocycles. The van der Waals surface area contributed by atoms with Crippen LogP contribution in [0.15, 0.2) is 35.7 Å². The van der Waals surface area contributed by atoms with Gasteiger partial charge in [0.2, 0.25) is 0 Å². The van der Waals surface area contributed by atoms with Crippen LogP contribution in [0.1, 0.15) is 27.8 Å². The second-order valence-electron chi connectivity index (χ2n) is 7.53. The molecule has 0 atom stereocenters. The standard InChI is InChI=1S/C21H10F15NO4/c1-40-15(38)7-5-3-4-6-37(13(7)16(39)41-2)14-11(20(31,32)33)9(18(25,26)27)8(17(22,23)24)10(19(28,29)30)12(14)21(34,35)36/h3-6H,1-2H3. The maximum absolute atomic E-state index is 14.2. The van der Waals surface area contributed by atoms with Gasteiger partial charge in [0.1, 0.15) is 5.70 Å². The Morgan fingerprint density at radius 2 is 0.902 bits per heavy atom. The number of carbonyl (C=O) groups excluding carboxylic acids is 2. The Balaban J connectivity index is 3.62. The van der Waals surface area contributed by atoms with Gasteiger partial charge in [0.25, 0.3) is 0 Å². The molecule has 0 saturated heterocycles. The predicted molar refractivity (Wildman–Crippen MR) is 103 cm³/mol. The highest BCUT2D eigenvalue weighted by Gasteiger charge is 2.61. The molecule has 0 spiro atoms. The number of esters is 2. The lowest BCUT2D eigenvalue weighted by atomic mass is 9.86. The molecule has 0 aliphatic carbocycles. The minimum atomic E-state index is -7.11. The van der Waals surface area contributed by atoms with Gasteiger partial charge in [-0.15, -0.1) is 0 Å². The molecule has 0 fully saturated rings. The number of halogens is 15. The molecule has 2 rings (SSSR count). The molecule has 5 nitrogen and oxygen atoms in total. The zero-order valence-corrected chi connectivity index (χ0v) is 19.6. The molecule has 1 aromatic carbocycles. The third kappa shape index (κ3) is 6.39. The Labute approximate surface area is 217 Å². The van der Waals surface area contributed by atoms with E-state index in [4.69, 9.17) is 0 Å². The SMILES string of the molecule is COC(=O)C1=C(C(=O)OC)N(c2c(C(F)(F)F)c(C(F)(F)F)c(C(F)(F)F)c(C(F)(F)F)c2C(F)(F)F)C=CC=C1. The van der Waals surface area contributed by atoms with Gasteiger partial charge >= 0.3 is 42.8 Å². The minimum absolute atomic E-state index is 0.133. The number of anilines is 1. The number of benzene rings is 1. The van der Waals surface area contributed by atoms with E-state index in [2.05, 4.69) is 9.47 Å². The van der Waals surface area contributed by atoms with Gasteiger partial charge in [-0.05, 0) is 12.2 Å². The topological polar surface area (TPSA) is 55.8 Å². The summed E-state index contributed by atoms with van der Waals surface area (Å²) in [5.74, 6) is -3.90. The van der Waals surface area contributed by atoms with Crippen LogP contribution in [0.3, 0.4) is 0 Å². The molecule has 0 N–H and O–H groups in total. The third-order valence-corrected chi connectivity index (χ3v) is 5.02. The van der Waals surface area contributed by atoms with Crippen molar-refractivity contribution >= 4 is 17.6 Å². The average Bonchev–Trinajstić information content (AvgIpc) is 3.01. The Kier molecular flexibility index (Phi) is 8.55. The minimum Gasteiger partial charge on any atom is -0.465 e. The first kappa shape index (κ1) is 33.3. The van der Waals surface area contributed by atoms with Gasteiger partial charge in [-0.2, -0.15) is 65.9 Å². The molecule has 1 heterocycles. The van der Waals surface area contributed by atoms with Crippen LogP contribution in [0.4, 0.5) is 71.5 Å². The molecule has 0 amide bonds. The van der Waals surface area contributed by atoms with E-state index in [1.807, 2.05) is 0 Å². The number of rotatable bonds is 3.